The summed E-state index contributed by atoms with van der Waals surface area (Å²) in [5.41, 5.74) is 4.59. The topological polar surface area (TPSA) is 106 Å². The molecule has 0 saturated heterocycles. The van der Waals surface area contributed by atoms with Gasteiger partial charge in [-0.1, -0.05) is 13.8 Å². The maximum atomic E-state index is 11.9. The van der Waals surface area contributed by atoms with E-state index >= 15 is 0 Å². The number of nitrogen functional groups attached to an aromatic ring is 1. The van der Waals surface area contributed by atoms with Crippen molar-refractivity contribution in [2.45, 2.75) is 26.7 Å². The van der Waals surface area contributed by atoms with E-state index in [0.717, 1.165) is 0 Å². The number of allylic oxidation sites excluding steroid dienone is 1. The number of H-pyrrole nitrogens is 1. The van der Waals surface area contributed by atoms with Crippen LogP contribution in [0.3, 0.4) is 0 Å². The van der Waals surface area contributed by atoms with Crippen LogP contribution in [0.5, 0.6) is 0 Å². The molecule has 0 bridgehead atoms. The number of hydrogen-bond acceptors (Lipinski definition) is 5. The second-order valence-electron chi connectivity index (χ2n) is 5.23. The minimum Gasteiger partial charge on any atom is -0.367 e. The van der Waals surface area contributed by atoms with Gasteiger partial charge in [-0.05, 0) is 11.5 Å². The highest BCUT2D eigenvalue weighted by molar-refractivity contribution is 6.25. The van der Waals surface area contributed by atoms with Crippen molar-refractivity contribution in [2.24, 2.45) is 5.41 Å². The molecule has 1 aromatic rings. The Balaban J connectivity index is 2.43. The highest BCUT2D eigenvalue weighted by Gasteiger charge is 2.35. The van der Waals surface area contributed by atoms with Gasteiger partial charge in [0.1, 0.15) is 5.56 Å². The summed E-state index contributed by atoms with van der Waals surface area (Å²) in [5, 5.41) is 2.05. The van der Waals surface area contributed by atoms with E-state index in [-0.39, 0.29) is 46.8 Å². The Hall–Kier alpha value is -2.11. The lowest BCUT2D eigenvalue weighted by atomic mass is 9.74. The van der Waals surface area contributed by atoms with Crippen LogP contribution in [-0.2, 0) is 9.59 Å². The maximum Gasteiger partial charge on any atom is 0.289 e. The van der Waals surface area contributed by atoms with Gasteiger partial charge in [0, 0.05) is 12.8 Å². The molecule has 0 amide bonds. The zero-order valence-electron chi connectivity index (χ0n) is 10.2. The molecule has 6 heteroatoms. The third kappa shape index (κ3) is 2.13. The molecule has 3 N–H and O–H groups in total. The fourth-order valence-electron chi connectivity index (χ4n) is 2.04. The quantitative estimate of drug-likeness (QED) is 0.568. The molecule has 1 aromatic heterocycles. The van der Waals surface area contributed by atoms with Crippen molar-refractivity contribution in [3.8, 4) is 0 Å². The first-order chi connectivity index (χ1) is 8.30. The first-order valence-corrected chi connectivity index (χ1v) is 5.55. The van der Waals surface area contributed by atoms with Crippen LogP contribution in [0.1, 0.15) is 32.3 Å². The van der Waals surface area contributed by atoms with E-state index in [9.17, 15) is 14.4 Å². The van der Waals surface area contributed by atoms with Crippen molar-refractivity contribution in [1.29, 1.82) is 0 Å². The maximum absolute atomic E-state index is 11.9. The molecular weight excluding hydrogens is 236 g/mol. The molecule has 6 nitrogen and oxygen atoms in total. The summed E-state index contributed by atoms with van der Waals surface area (Å²) < 4.78 is 4.62. The summed E-state index contributed by atoms with van der Waals surface area (Å²) in [5.74, 6) is -0.662. The van der Waals surface area contributed by atoms with Gasteiger partial charge in [0.2, 0.25) is 5.88 Å². The Morgan fingerprint density at radius 3 is 2.22 bits per heavy atom. The van der Waals surface area contributed by atoms with Crippen LogP contribution in [0.2, 0.25) is 0 Å². The van der Waals surface area contributed by atoms with E-state index in [0.29, 0.717) is 0 Å². The number of aromatic nitrogens is 1. The normalized spacial score (nSPS) is 19.1. The fourth-order valence-corrected chi connectivity index (χ4v) is 2.04. The molecule has 0 spiro atoms. The predicted octanol–water partition coefficient (Wildman–Crippen LogP) is 0.892. The Morgan fingerprint density at radius 1 is 1.22 bits per heavy atom. The summed E-state index contributed by atoms with van der Waals surface area (Å²) in [6.07, 6.45) is 1.78. The van der Waals surface area contributed by atoms with Crippen molar-refractivity contribution >= 4 is 23.5 Å². The van der Waals surface area contributed by atoms with E-state index in [1.54, 1.807) is 0 Å². The largest absolute Gasteiger partial charge is 0.367 e. The highest BCUT2D eigenvalue weighted by atomic mass is 16.5. The molecular formula is C12H14N2O4. The number of nitrogens with two attached hydrogens (primary N) is 1. The van der Waals surface area contributed by atoms with Crippen LogP contribution in [0.4, 0.5) is 5.88 Å². The lowest BCUT2D eigenvalue weighted by Gasteiger charge is -2.28. The number of anilines is 1. The average molecular weight is 250 g/mol. The average Bonchev–Trinajstić information content (AvgIpc) is 2.52. The zero-order chi connectivity index (χ0) is 13.5. The minimum atomic E-state index is -0.551. The third-order valence-corrected chi connectivity index (χ3v) is 2.93. The molecule has 1 saturated carbocycles. The van der Waals surface area contributed by atoms with E-state index < -0.39 is 5.56 Å². The molecule has 18 heavy (non-hydrogen) atoms. The summed E-state index contributed by atoms with van der Waals surface area (Å²) in [4.78, 5) is 35.2. The standard InChI is InChI=1S/C12H14N2O4/c1-12(2)4-8(15)6(9(16)5-12)3-7-10(13)18-14-11(7)17/h3H,4-5,13H2,1-2H3,(H,14,17). The number of aromatic amines is 1. The van der Waals surface area contributed by atoms with Gasteiger partial charge >= 0.3 is 0 Å². The second kappa shape index (κ2) is 3.97. The Bertz CT molecular complexity index is 582. The predicted molar refractivity (Wildman–Crippen MR) is 64.7 cm³/mol. The molecule has 0 aromatic carbocycles. The molecule has 1 heterocycles. The van der Waals surface area contributed by atoms with Crippen molar-refractivity contribution in [3.05, 3.63) is 21.5 Å². The van der Waals surface area contributed by atoms with E-state index in [4.69, 9.17) is 5.73 Å². The Kier molecular flexibility index (Phi) is 2.73. The number of Topliss-reactive ketones (excluding diaryl/α,β-unsaturated/α-hetero) is 2. The summed E-state index contributed by atoms with van der Waals surface area (Å²) >= 11 is 0. The van der Waals surface area contributed by atoms with Crippen molar-refractivity contribution in [2.75, 3.05) is 5.73 Å². The number of rotatable bonds is 1. The molecule has 2 rings (SSSR count). The monoisotopic (exact) mass is 250 g/mol. The van der Waals surface area contributed by atoms with Crippen LogP contribution in [0, 0.1) is 5.41 Å². The van der Waals surface area contributed by atoms with Gasteiger partial charge in [-0.25, -0.2) is 0 Å². The molecule has 1 fully saturated rings. The van der Waals surface area contributed by atoms with E-state index in [1.165, 1.54) is 6.08 Å². The van der Waals surface area contributed by atoms with Gasteiger partial charge in [0.25, 0.3) is 5.56 Å². The smallest absolute Gasteiger partial charge is 0.289 e. The van der Waals surface area contributed by atoms with Gasteiger partial charge in [0.05, 0.1) is 5.57 Å². The first kappa shape index (κ1) is 12.3. The van der Waals surface area contributed by atoms with Crippen LogP contribution in [-0.4, -0.2) is 16.7 Å². The molecule has 1 aliphatic carbocycles. The minimum absolute atomic E-state index is 0.0198. The Labute approximate surface area is 103 Å². The van der Waals surface area contributed by atoms with Crippen molar-refractivity contribution < 1.29 is 14.1 Å². The number of nitrogens with one attached hydrogen (secondary N) is 1. The first-order valence-electron chi connectivity index (χ1n) is 5.55. The van der Waals surface area contributed by atoms with Crippen LogP contribution >= 0.6 is 0 Å². The summed E-state index contributed by atoms with van der Waals surface area (Å²) in [6.45, 7) is 3.72. The summed E-state index contributed by atoms with van der Waals surface area (Å²) in [6, 6.07) is 0. The van der Waals surface area contributed by atoms with Crippen LogP contribution in [0.15, 0.2) is 14.9 Å². The summed E-state index contributed by atoms with van der Waals surface area (Å²) in [7, 11) is 0. The van der Waals surface area contributed by atoms with Gasteiger partial charge in [-0.15, -0.1) is 0 Å². The molecule has 1 aliphatic rings. The SMILES string of the molecule is CC1(C)CC(=O)C(=Cc2c(N)o[nH]c2=O)C(=O)C1. The lowest BCUT2D eigenvalue weighted by molar-refractivity contribution is -0.127. The second-order valence-corrected chi connectivity index (χ2v) is 5.23. The van der Waals surface area contributed by atoms with Gasteiger partial charge in [-0.2, -0.15) is 5.16 Å². The molecule has 0 radical (unpaired) electrons. The van der Waals surface area contributed by atoms with Gasteiger partial charge in [0.15, 0.2) is 11.6 Å². The lowest BCUT2D eigenvalue weighted by Crippen LogP contribution is -2.31. The molecule has 0 unspecified atom stereocenters. The van der Waals surface area contributed by atoms with E-state index in [2.05, 4.69) is 4.52 Å². The fraction of sp³-hybridized carbons (Fsp3) is 0.417. The molecule has 0 atom stereocenters. The number of carbonyl (C=O) groups is 2. The molecule has 96 valence electrons. The number of hydrogen-bond donors (Lipinski definition) is 2. The number of ketones is 2. The van der Waals surface area contributed by atoms with Crippen LogP contribution < -0.4 is 11.3 Å². The third-order valence-electron chi connectivity index (χ3n) is 2.93. The zero-order valence-corrected chi connectivity index (χ0v) is 10.2. The highest BCUT2D eigenvalue weighted by Crippen LogP contribution is 2.34. The van der Waals surface area contributed by atoms with Gasteiger partial charge in [-0.3, -0.25) is 14.4 Å². The number of carbonyl (C=O) groups excluding carboxylic acids is 2. The Morgan fingerprint density at radius 2 is 1.78 bits per heavy atom. The van der Waals surface area contributed by atoms with E-state index in [1.807, 2.05) is 19.0 Å². The molecule has 0 aliphatic heterocycles. The van der Waals surface area contributed by atoms with Crippen molar-refractivity contribution in [1.82, 2.24) is 5.16 Å². The van der Waals surface area contributed by atoms with Gasteiger partial charge < -0.3 is 10.3 Å². The van der Waals surface area contributed by atoms with Crippen molar-refractivity contribution in [3.63, 3.8) is 0 Å². The van der Waals surface area contributed by atoms with Crippen LogP contribution in [0.25, 0.3) is 6.08 Å².